The molecule has 4 nitrogen and oxygen atoms in total. The number of alkyl halides is 2. The Kier molecular flexibility index (Phi) is 5.37. The Morgan fingerprint density at radius 1 is 1.42 bits per heavy atom. The molecule has 1 aromatic rings. The van der Waals surface area contributed by atoms with Gasteiger partial charge in [0.15, 0.2) is 0 Å². The van der Waals surface area contributed by atoms with E-state index in [2.05, 4.69) is 10.1 Å². The third-order valence-electron chi connectivity index (χ3n) is 2.11. The van der Waals surface area contributed by atoms with Crippen LogP contribution in [0, 0.1) is 0 Å². The maximum atomic E-state index is 12.0. The van der Waals surface area contributed by atoms with Gasteiger partial charge in [0.25, 0.3) is 0 Å². The normalized spacial score (nSPS) is 13.4. The fraction of sp³-hybridized carbons (Fsp3) is 0.455. The molecule has 0 aliphatic carbocycles. The molecule has 0 fully saturated rings. The standard InChI is InChI=1S/C11H14ClF2NO3S/c1-7(6-19(2,16)17)15-8-3-4-10(9(12)5-8)18-11(13)14/h3-5,7,11,15H,6H2,1-2H3. The average molecular weight is 314 g/mol. The van der Waals surface area contributed by atoms with Crippen molar-refractivity contribution in [2.45, 2.75) is 19.6 Å². The quantitative estimate of drug-likeness (QED) is 0.877. The summed E-state index contributed by atoms with van der Waals surface area (Å²) in [6, 6.07) is 3.86. The van der Waals surface area contributed by atoms with Gasteiger partial charge in [-0.1, -0.05) is 11.6 Å². The molecule has 0 bridgehead atoms. The number of anilines is 1. The van der Waals surface area contributed by atoms with Gasteiger partial charge in [-0.25, -0.2) is 8.42 Å². The van der Waals surface area contributed by atoms with E-state index in [0.717, 1.165) is 6.26 Å². The molecule has 1 unspecified atom stereocenters. The summed E-state index contributed by atoms with van der Waals surface area (Å²) in [5.41, 5.74) is 0.530. The van der Waals surface area contributed by atoms with Crippen LogP contribution in [0.4, 0.5) is 14.5 Å². The summed E-state index contributed by atoms with van der Waals surface area (Å²) in [4.78, 5) is 0. The van der Waals surface area contributed by atoms with Crippen molar-refractivity contribution in [2.75, 3.05) is 17.3 Å². The first-order valence-electron chi connectivity index (χ1n) is 5.36. The number of benzene rings is 1. The minimum Gasteiger partial charge on any atom is -0.433 e. The van der Waals surface area contributed by atoms with Crippen molar-refractivity contribution in [3.05, 3.63) is 23.2 Å². The first kappa shape index (κ1) is 16.0. The van der Waals surface area contributed by atoms with Crippen LogP contribution in [0.5, 0.6) is 5.75 Å². The van der Waals surface area contributed by atoms with E-state index in [-0.39, 0.29) is 22.6 Å². The summed E-state index contributed by atoms with van der Waals surface area (Å²) >= 11 is 5.77. The molecule has 19 heavy (non-hydrogen) atoms. The lowest BCUT2D eigenvalue weighted by Gasteiger charge is -2.15. The molecule has 1 aromatic carbocycles. The highest BCUT2D eigenvalue weighted by Gasteiger charge is 2.12. The molecule has 0 amide bonds. The van der Waals surface area contributed by atoms with Crippen LogP contribution in [0.15, 0.2) is 18.2 Å². The Balaban J connectivity index is 2.73. The summed E-state index contributed by atoms with van der Waals surface area (Å²) in [6.45, 7) is -1.25. The number of halogens is 3. The van der Waals surface area contributed by atoms with Crippen LogP contribution in [0.1, 0.15) is 6.92 Å². The smallest absolute Gasteiger partial charge is 0.387 e. The molecular formula is C11H14ClF2NO3S. The fourth-order valence-corrected chi connectivity index (χ4v) is 2.78. The van der Waals surface area contributed by atoms with Crippen molar-refractivity contribution in [2.24, 2.45) is 0 Å². The van der Waals surface area contributed by atoms with E-state index in [1.54, 1.807) is 6.92 Å². The van der Waals surface area contributed by atoms with Crippen LogP contribution in [-0.2, 0) is 9.84 Å². The average Bonchev–Trinajstić information content (AvgIpc) is 2.18. The second kappa shape index (κ2) is 6.38. The summed E-state index contributed by atoms with van der Waals surface area (Å²) in [5.74, 6) is -0.169. The largest absolute Gasteiger partial charge is 0.433 e. The molecule has 1 atom stereocenters. The van der Waals surface area contributed by atoms with Gasteiger partial charge in [0, 0.05) is 18.0 Å². The van der Waals surface area contributed by atoms with Crippen LogP contribution in [0.3, 0.4) is 0 Å². The van der Waals surface area contributed by atoms with E-state index in [9.17, 15) is 17.2 Å². The second-order valence-corrected chi connectivity index (χ2v) is 6.75. The zero-order valence-corrected chi connectivity index (χ0v) is 11.9. The number of hydrogen-bond donors (Lipinski definition) is 1. The van der Waals surface area contributed by atoms with Crippen molar-refractivity contribution in [1.82, 2.24) is 0 Å². The third kappa shape index (κ3) is 6.07. The fourth-order valence-electron chi connectivity index (χ4n) is 1.56. The molecule has 8 heteroatoms. The number of rotatable bonds is 6. The molecule has 0 spiro atoms. The Morgan fingerprint density at radius 3 is 2.53 bits per heavy atom. The molecule has 0 aliphatic heterocycles. The van der Waals surface area contributed by atoms with Crippen LogP contribution >= 0.6 is 11.6 Å². The molecule has 0 aromatic heterocycles. The van der Waals surface area contributed by atoms with Crippen molar-refractivity contribution >= 4 is 27.1 Å². The van der Waals surface area contributed by atoms with E-state index in [1.165, 1.54) is 18.2 Å². The maximum Gasteiger partial charge on any atom is 0.387 e. The zero-order chi connectivity index (χ0) is 14.6. The maximum absolute atomic E-state index is 12.0. The first-order chi connectivity index (χ1) is 8.67. The first-order valence-corrected chi connectivity index (χ1v) is 7.80. The summed E-state index contributed by atoms with van der Waals surface area (Å²) in [6.07, 6.45) is 1.14. The van der Waals surface area contributed by atoms with E-state index in [0.29, 0.717) is 5.69 Å². The lowest BCUT2D eigenvalue weighted by atomic mass is 10.2. The van der Waals surface area contributed by atoms with Crippen molar-refractivity contribution in [1.29, 1.82) is 0 Å². The number of sulfone groups is 1. The number of ether oxygens (including phenoxy) is 1. The van der Waals surface area contributed by atoms with E-state index >= 15 is 0 Å². The van der Waals surface area contributed by atoms with Crippen molar-refractivity contribution in [3.8, 4) is 5.75 Å². The lowest BCUT2D eigenvalue weighted by molar-refractivity contribution is -0.0497. The molecule has 108 valence electrons. The topological polar surface area (TPSA) is 55.4 Å². The summed E-state index contributed by atoms with van der Waals surface area (Å²) in [5, 5.41) is 2.94. The van der Waals surface area contributed by atoms with Gasteiger partial charge in [0.2, 0.25) is 0 Å². The Morgan fingerprint density at radius 2 is 2.05 bits per heavy atom. The van der Waals surface area contributed by atoms with E-state index < -0.39 is 16.4 Å². The van der Waals surface area contributed by atoms with Gasteiger partial charge in [-0.05, 0) is 25.1 Å². The van der Waals surface area contributed by atoms with Crippen molar-refractivity contribution in [3.63, 3.8) is 0 Å². The zero-order valence-electron chi connectivity index (χ0n) is 10.4. The molecule has 0 radical (unpaired) electrons. The van der Waals surface area contributed by atoms with Gasteiger partial charge < -0.3 is 10.1 Å². The highest BCUT2D eigenvalue weighted by atomic mass is 35.5. The molecule has 0 saturated heterocycles. The number of nitrogens with one attached hydrogen (secondary N) is 1. The second-order valence-electron chi connectivity index (χ2n) is 4.16. The van der Waals surface area contributed by atoms with E-state index in [4.69, 9.17) is 11.6 Å². The monoisotopic (exact) mass is 313 g/mol. The summed E-state index contributed by atoms with van der Waals surface area (Å²) in [7, 11) is -3.10. The summed E-state index contributed by atoms with van der Waals surface area (Å²) < 4.78 is 50.5. The van der Waals surface area contributed by atoms with Gasteiger partial charge in [-0.15, -0.1) is 0 Å². The van der Waals surface area contributed by atoms with Crippen molar-refractivity contribution < 1.29 is 21.9 Å². The Bertz CT molecular complexity index is 537. The minimum atomic E-state index is -3.10. The lowest BCUT2D eigenvalue weighted by Crippen LogP contribution is -2.24. The highest BCUT2D eigenvalue weighted by Crippen LogP contribution is 2.29. The minimum absolute atomic E-state index is 0.0249. The van der Waals surface area contributed by atoms with Gasteiger partial charge in [0.05, 0.1) is 10.8 Å². The van der Waals surface area contributed by atoms with Gasteiger partial charge in [-0.3, -0.25) is 0 Å². The molecule has 0 heterocycles. The van der Waals surface area contributed by atoms with Gasteiger partial charge >= 0.3 is 6.61 Å². The molecule has 1 rings (SSSR count). The Hall–Kier alpha value is -1.08. The van der Waals surface area contributed by atoms with Gasteiger partial charge in [0.1, 0.15) is 15.6 Å². The number of hydrogen-bond acceptors (Lipinski definition) is 4. The molecular weight excluding hydrogens is 300 g/mol. The third-order valence-corrected chi connectivity index (χ3v) is 3.51. The predicted molar refractivity (Wildman–Crippen MR) is 70.9 cm³/mol. The highest BCUT2D eigenvalue weighted by molar-refractivity contribution is 7.90. The SMILES string of the molecule is CC(CS(C)(=O)=O)Nc1ccc(OC(F)F)c(Cl)c1. The van der Waals surface area contributed by atoms with Crippen LogP contribution in [0.2, 0.25) is 5.02 Å². The molecule has 0 saturated carbocycles. The molecule has 1 N–H and O–H groups in total. The van der Waals surface area contributed by atoms with Crippen LogP contribution < -0.4 is 10.1 Å². The molecule has 0 aliphatic rings. The van der Waals surface area contributed by atoms with Gasteiger partial charge in [-0.2, -0.15) is 8.78 Å². The van der Waals surface area contributed by atoms with Crippen LogP contribution in [-0.4, -0.2) is 33.1 Å². The van der Waals surface area contributed by atoms with Crippen LogP contribution in [0.25, 0.3) is 0 Å². The van der Waals surface area contributed by atoms with E-state index in [1.807, 2.05) is 0 Å². The predicted octanol–water partition coefficient (Wildman–Crippen LogP) is 2.79. The Labute approximate surface area is 115 Å².